The van der Waals surface area contributed by atoms with E-state index in [1.165, 1.54) is 0 Å². The Morgan fingerprint density at radius 3 is 1.79 bits per heavy atom. The zero-order valence-corrected chi connectivity index (χ0v) is 12.7. The van der Waals surface area contributed by atoms with Gasteiger partial charge in [0.25, 0.3) is 0 Å². The minimum Gasteiger partial charge on any atom is -0.394 e. The normalized spacial score (nSPS) is 49.5. The molecular weight excluding hydrogens is 334 g/mol. The number of hydrogen-bond donors (Lipinski definition) is 9. The fraction of sp³-hybridized carbons (Fsp3) is 1.00. The predicted molar refractivity (Wildman–Crippen MR) is 73.6 cm³/mol. The second-order valence-electron chi connectivity index (χ2n) is 5.53. The van der Waals surface area contributed by atoms with Crippen molar-refractivity contribution in [3.05, 3.63) is 0 Å². The molecule has 0 aromatic carbocycles. The van der Waals surface area contributed by atoms with Crippen LogP contribution in [0.25, 0.3) is 0 Å². The van der Waals surface area contributed by atoms with E-state index in [1.54, 1.807) is 0 Å². The van der Waals surface area contributed by atoms with Gasteiger partial charge in [-0.2, -0.15) is 0 Å². The fourth-order valence-electron chi connectivity index (χ4n) is 2.57. The molecule has 24 heavy (non-hydrogen) atoms. The molecule has 0 radical (unpaired) electrons. The number of rotatable bonds is 4. The Bertz CT molecular complexity index is 384. The average molecular weight is 359 g/mol. The largest absolute Gasteiger partial charge is 0.394 e. The molecule has 2 aliphatic heterocycles. The zero-order valence-electron chi connectivity index (χ0n) is 12.7. The summed E-state index contributed by atoms with van der Waals surface area (Å²) in [5.41, 5.74) is 0. The highest BCUT2D eigenvalue weighted by Crippen LogP contribution is 2.28. The van der Waals surface area contributed by atoms with Gasteiger partial charge in [0, 0.05) is 0 Å². The molecule has 0 spiro atoms. The lowest BCUT2D eigenvalue weighted by atomic mass is 9.97. The van der Waals surface area contributed by atoms with Crippen molar-refractivity contribution in [1.29, 1.82) is 0 Å². The van der Waals surface area contributed by atoms with Gasteiger partial charge >= 0.3 is 0 Å². The maximum Gasteiger partial charge on any atom is 0.187 e. The van der Waals surface area contributed by atoms with Crippen molar-refractivity contribution in [2.75, 3.05) is 13.2 Å². The van der Waals surface area contributed by atoms with Gasteiger partial charge in [-0.3, -0.25) is 0 Å². The molecule has 144 valence electrons. The molecule has 0 aliphatic carbocycles. The Kier molecular flexibility index (Phi) is 7.86. The van der Waals surface area contributed by atoms with E-state index in [1.807, 2.05) is 0 Å². The van der Waals surface area contributed by atoms with Crippen LogP contribution in [0.5, 0.6) is 0 Å². The second kappa shape index (κ2) is 8.75. The Morgan fingerprint density at radius 2 is 1.25 bits per heavy atom. The molecular formula is C12H25NO11. The van der Waals surface area contributed by atoms with Crippen LogP contribution in [-0.2, 0) is 14.2 Å². The van der Waals surface area contributed by atoms with Gasteiger partial charge in [-0.05, 0) is 0 Å². The molecule has 2 aliphatic rings. The highest BCUT2D eigenvalue weighted by Gasteiger charge is 2.50. The molecule has 10 atom stereocenters. The van der Waals surface area contributed by atoms with Crippen molar-refractivity contribution in [2.45, 2.75) is 61.4 Å². The van der Waals surface area contributed by atoms with Crippen molar-refractivity contribution < 1.29 is 55.1 Å². The van der Waals surface area contributed by atoms with Crippen molar-refractivity contribution in [3.8, 4) is 0 Å². The maximum absolute atomic E-state index is 9.94. The Morgan fingerprint density at radius 1 is 0.667 bits per heavy atom. The first kappa shape index (κ1) is 21.6. The van der Waals surface area contributed by atoms with E-state index in [4.69, 9.17) is 19.3 Å². The number of ether oxygens (including phenoxy) is 3. The summed E-state index contributed by atoms with van der Waals surface area (Å²) in [6.45, 7) is -1.35. The third-order valence-corrected chi connectivity index (χ3v) is 3.98. The molecule has 11 N–H and O–H groups in total. The average Bonchev–Trinajstić information content (AvgIpc) is 2.55. The summed E-state index contributed by atoms with van der Waals surface area (Å²) in [5, 5.41) is 76.5. The highest BCUT2D eigenvalue weighted by molar-refractivity contribution is 4.93. The third-order valence-electron chi connectivity index (χ3n) is 3.98. The molecule has 2 rings (SSSR count). The minimum absolute atomic E-state index is 0. The van der Waals surface area contributed by atoms with Crippen molar-refractivity contribution in [3.63, 3.8) is 0 Å². The van der Waals surface area contributed by atoms with E-state index in [9.17, 15) is 35.7 Å². The zero-order chi connectivity index (χ0) is 17.3. The molecule has 0 bridgehead atoms. The molecule has 2 heterocycles. The van der Waals surface area contributed by atoms with Crippen LogP contribution in [0.1, 0.15) is 0 Å². The monoisotopic (exact) mass is 359 g/mol. The molecule has 2 fully saturated rings. The molecule has 12 nitrogen and oxygen atoms in total. The van der Waals surface area contributed by atoms with E-state index < -0.39 is 74.6 Å². The van der Waals surface area contributed by atoms with E-state index >= 15 is 0 Å². The van der Waals surface area contributed by atoms with E-state index in [0.29, 0.717) is 0 Å². The van der Waals surface area contributed by atoms with Crippen LogP contribution in [0.4, 0.5) is 0 Å². The van der Waals surface area contributed by atoms with Gasteiger partial charge in [0.05, 0.1) is 13.2 Å². The third kappa shape index (κ3) is 4.01. The molecule has 0 saturated carbocycles. The van der Waals surface area contributed by atoms with Crippen LogP contribution in [-0.4, -0.2) is 115 Å². The van der Waals surface area contributed by atoms with E-state index in [2.05, 4.69) is 0 Å². The first-order valence-corrected chi connectivity index (χ1v) is 7.08. The van der Waals surface area contributed by atoms with Crippen molar-refractivity contribution >= 4 is 0 Å². The quantitative estimate of drug-likeness (QED) is 0.229. The molecule has 0 aromatic heterocycles. The van der Waals surface area contributed by atoms with Crippen LogP contribution in [0.3, 0.4) is 0 Å². The summed E-state index contributed by atoms with van der Waals surface area (Å²) in [4.78, 5) is 0. The number of aliphatic hydroxyl groups excluding tert-OH is 8. The lowest BCUT2D eigenvalue weighted by molar-refractivity contribution is -0.355. The van der Waals surface area contributed by atoms with Crippen LogP contribution in [0.15, 0.2) is 0 Å². The predicted octanol–water partition coefficient (Wildman–Crippen LogP) is -5.24. The second-order valence-corrected chi connectivity index (χ2v) is 5.53. The van der Waals surface area contributed by atoms with Crippen LogP contribution in [0, 0.1) is 0 Å². The van der Waals surface area contributed by atoms with Gasteiger partial charge in [-0.1, -0.05) is 0 Å². The summed E-state index contributed by atoms with van der Waals surface area (Å²) in [6.07, 6.45) is -15.6. The minimum atomic E-state index is -1.74. The van der Waals surface area contributed by atoms with Crippen LogP contribution >= 0.6 is 0 Å². The number of hydrogen-bond acceptors (Lipinski definition) is 12. The van der Waals surface area contributed by atoms with Gasteiger partial charge in [0.1, 0.15) is 48.8 Å². The molecule has 0 unspecified atom stereocenters. The van der Waals surface area contributed by atoms with Gasteiger partial charge in [-0.15, -0.1) is 0 Å². The molecule has 12 heteroatoms. The van der Waals surface area contributed by atoms with E-state index in [-0.39, 0.29) is 6.15 Å². The maximum atomic E-state index is 9.94. The SMILES string of the molecule is N.OC[C@H]1O[C@H](O[C@H]2[C@H](O)[C@@H](O)[C@@H](O)O[C@@H]2CO)[C@H](O)[C@@H](O)[C@@H]1O. The Balaban J connectivity index is 0.00000288. The molecule has 2 saturated heterocycles. The first-order chi connectivity index (χ1) is 10.8. The topological polar surface area (TPSA) is 225 Å². The first-order valence-electron chi connectivity index (χ1n) is 7.08. The lowest BCUT2D eigenvalue weighted by Crippen LogP contribution is -2.64. The van der Waals surface area contributed by atoms with Gasteiger partial charge in [0.15, 0.2) is 12.6 Å². The summed E-state index contributed by atoms with van der Waals surface area (Å²) < 4.78 is 15.3. The smallest absolute Gasteiger partial charge is 0.187 e. The summed E-state index contributed by atoms with van der Waals surface area (Å²) in [7, 11) is 0. The Labute approximate surface area is 137 Å². The van der Waals surface area contributed by atoms with E-state index in [0.717, 1.165) is 0 Å². The van der Waals surface area contributed by atoms with Crippen molar-refractivity contribution in [1.82, 2.24) is 6.15 Å². The van der Waals surface area contributed by atoms with Crippen LogP contribution in [0.2, 0.25) is 0 Å². The standard InChI is InChI=1S/C12H22O11.H3N/c13-1-3-5(15)6(16)9(19)12(22-3)23-10-4(2-14)21-11(20)8(18)7(10)17;/h3-20H,1-2H2;1H3/t3-,4-,5-,6+,7-,8-,9-,10-,11+,12-;/m1./s1. The fourth-order valence-corrected chi connectivity index (χ4v) is 2.57. The lowest BCUT2D eigenvalue weighted by Gasteiger charge is -2.45. The molecule has 0 amide bonds. The summed E-state index contributed by atoms with van der Waals surface area (Å²) >= 11 is 0. The molecule has 0 aromatic rings. The Hall–Kier alpha value is -0.480. The number of aliphatic hydroxyl groups is 8. The summed E-state index contributed by atoms with van der Waals surface area (Å²) in [5.74, 6) is 0. The summed E-state index contributed by atoms with van der Waals surface area (Å²) in [6, 6.07) is 0. The van der Waals surface area contributed by atoms with Gasteiger partial charge in [0.2, 0.25) is 0 Å². The van der Waals surface area contributed by atoms with Crippen molar-refractivity contribution in [2.24, 2.45) is 0 Å². The highest BCUT2D eigenvalue weighted by atomic mass is 16.7. The van der Waals surface area contributed by atoms with Gasteiger partial charge < -0.3 is 61.2 Å². The van der Waals surface area contributed by atoms with Crippen LogP contribution < -0.4 is 6.15 Å². The van der Waals surface area contributed by atoms with Gasteiger partial charge in [-0.25, -0.2) is 0 Å².